The highest BCUT2D eigenvalue weighted by Crippen LogP contribution is 2.20. The predicted octanol–water partition coefficient (Wildman–Crippen LogP) is 1.15. The summed E-state index contributed by atoms with van der Waals surface area (Å²) >= 11 is 0. The number of methoxy groups -OCH3 is 1. The maximum Gasteiger partial charge on any atom is 0.308 e. The molecule has 1 aliphatic heterocycles. The number of aromatic nitrogens is 4. The number of fused-ring (bicyclic) bond motifs is 1. The van der Waals surface area contributed by atoms with E-state index in [0.29, 0.717) is 37.0 Å². The standard InChI is InChI=1S/C19H27N5O4/c1-19(2,3)24-16-14(11-21-24)17(26)23(12-20-16)10-7-15(25)22-8-5-13(6-9-22)18(27)28-4/h11-13H,5-10H2,1-4H3. The van der Waals surface area contributed by atoms with Gasteiger partial charge in [-0.2, -0.15) is 5.10 Å². The van der Waals surface area contributed by atoms with Gasteiger partial charge in [-0.05, 0) is 33.6 Å². The van der Waals surface area contributed by atoms with Crippen molar-refractivity contribution in [3.8, 4) is 0 Å². The van der Waals surface area contributed by atoms with E-state index in [4.69, 9.17) is 4.74 Å². The van der Waals surface area contributed by atoms with Crippen LogP contribution < -0.4 is 5.56 Å². The Kier molecular flexibility index (Phi) is 5.53. The van der Waals surface area contributed by atoms with Gasteiger partial charge in [0.1, 0.15) is 5.39 Å². The Balaban J connectivity index is 1.64. The Hall–Kier alpha value is -2.71. The number of hydrogen-bond acceptors (Lipinski definition) is 6. The highest BCUT2D eigenvalue weighted by atomic mass is 16.5. The monoisotopic (exact) mass is 389 g/mol. The van der Waals surface area contributed by atoms with E-state index in [1.807, 2.05) is 20.8 Å². The molecule has 9 heteroatoms. The molecule has 1 amide bonds. The molecular weight excluding hydrogens is 362 g/mol. The molecule has 2 aromatic heterocycles. The van der Waals surface area contributed by atoms with E-state index in [1.54, 1.807) is 9.58 Å². The summed E-state index contributed by atoms with van der Waals surface area (Å²) in [5.41, 5.74) is 0.0716. The third kappa shape index (κ3) is 3.93. The first-order valence-corrected chi connectivity index (χ1v) is 9.51. The maximum absolute atomic E-state index is 12.7. The fourth-order valence-electron chi connectivity index (χ4n) is 3.50. The summed E-state index contributed by atoms with van der Waals surface area (Å²) in [7, 11) is 1.38. The SMILES string of the molecule is COC(=O)C1CCN(C(=O)CCn2cnc3c(cnn3C(C)(C)C)c2=O)CC1. The van der Waals surface area contributed by atoms with Gasteiger partial charge in [0.05, 0.1) is 31.1 Å². The molecule has 152 valence electrons. The molecule has 0 aromatic carbocycles. The molecule has 0 radical (unpaired) electrons. The van der Waals surface area contributed by atoms with Gasteiger partial charge in [0.2, 0.25) is 5.91 Å². The van der Waals surface area contributed by atoms with Gasteiger partial charge in [-0.1, -0.05) is 0 Å². The van der Waals surface area contributed by atoms with Crippen LogP contribution in [0.1, 0.15) is 40.0 Å². The molecule has 0 spiro atoms. The van der Waals surface area contributed by atoms with Crippen LogP contribution in [-0.2, 0) is 26.4 Å². The fraction of sp³-hybridized carbons (Fsp3) is 0.632. The smallest absolute Gasteiger partial charge is 0.308 e. The normalized spacial score (nSPS) is 15.8. The van der Waals surface area contributed by atoms with E-state index in [-0.39, 0.29) is 41.9 Å². The van der Waals surface area contributed by atoms with Gasteiger partial charge >= 0.3 is 5.97 Å². The van der Waals surface area contributed by atoms with Gasteiger partial charge in [-0.15, -0.1) is 0 Å². The lowest BCUT2D eigenvalue weighted by atomic mass is 9.97. The number of amides is 1. The molecule has 0 atom stereocenters. The van der Waals surface area contributed by atoms with Gasteiger partial charge < -0.3 is 9.64 Å². The average Bonchev–Trinajstić information content (AvgIpc) is 3.12. The van der Waals surface area contributed by atoms with Crippen LogP contribution in [-0.4, -0.2) is 56.3 Å². The molecule has 2 aromatic rings. The number of carbonyl (C=O) groups is 2. The van der Waals surface area contributed by atoms with Crippen molar-refractivity contribution in [3.63, 3.8) is 0 Å². The maximum atomic E-state index is 12.7. The molecule has 9 nitrogen and oxygen atoms in total. The highest BCUT2D eigenvalue weighted by Gasteiger charge is 2.27. The summed E-state index contributed by atoms with van der Waals surface area (Å²) < 4.78 is 7.95. The van der Waals surface area contributed by atoms with Crippen LogP contribution in [0.3, 0.4) is 0 Å². The number of piperidine rings is 1. The second-order valence-electron chi connectivity index (χ2n) is 8.14. The van der Waals surface area contributed by atoms with E-state index in [2.05, 4.69) is 10.1 Å². The third-order valence-electron chi connectivity index (χ3n) is 5.14. The van der Waals surface area contributed by atoms with Crippen molar-refractivity contribution in [3.05, 3.63) is 22.9 Å². The van der Waals surface area contributed by atoms with Crippen molar-refractivity contribution in [1.29, 1.82) is 0 Å². The molecule has 3 rings (SSSR count). The average molecular weight is 389 g/mol. The van der Waals surface area contributed by atoms with Gasteiger partial charge in [0.25, 0.3) is 5.56 Å². The molecule has 0 aliphatic carbocycles. The number of nitrogens with zero attached hydrogens (tertiary/aromatic N) is 5. The summed E-state index contributed by atoms with van der Waals surface area (Å²) in [6.07, 6.45) is 4.44. The zero-order valence-electron chi connectivity index (χ0n) is 16.8. The van der Waals surface area contributed by atoms with Crippen molar-refractivity contribution in [2.24, 2.45) is 5.92 Å². The number of ether oxygens (including phenoxy) is 1. The number of rotatable bonds is 4. The first-order valence-electron chi connectivity index (χ1n) is 9.51. The van der Waals surface area contributed by atoms with Crippen molar-refractivity contribution in [1.82, 2.24) is 24.2 Å². The van der Waals surface area contributed by atoms with Crippen LogP contribution in [0.2, 0.25) is 0 Å². The Labute approximate surface area is 163 Å². The Morgan fingerprint density at radius 3 is 2.54 bits per heavy atom. The minimum absolute atomic E-state index is 0.0271. The molecule has 0 saturated carbocycles. The zero-order valence-corrected chi connectivity index (χ0v) is 16.8. The van der Waals surface area contributed by atoms with Gasteiger partial charge in [0.15, 0.2) is 5.65 Å². The summed E-state index contributed by atoms with van der Waals surface area (Å²) in [4.78, 5) is 42.9. The number of carbonyl (C=O) groups excluding carboxylic acids is 2. The van der Waals surface area contributed by atoms with E-state index >= 15 is 0 Å². The lowest BCUT2D eigenvalue weighted by Gasteiger charge is -2.30. The molecule has 3 heterocycles. The number of esters is 1. The summed E-state index contributed by atoms with van der Waals surface area (Å²) in [5, 5.41) is 4.74. The van der Waals surface area contributed by atoms with Crippen molar-refractivity contribution in [2.75, 3.05) is 20.2 Å². The van der Waals surface area contributed by atoms with E-state index in [9.17, 15) is 14.4 Å². The van der Waals surface area contributed by atoms with Crippen molar-refractivity contribution in [2.45, 2.75) is 52.1 Å². The lowest BCUT2D eigenvalue weighted by Crippen LogP contribution is -2.41. The molecule has 0 N–H and O–H groups in total. The van der Waals surface area contributed by atoms with Gasteiger partial charge in [-0.25, -0.2) is 9.67 Å². The summed E-state index contributed by atoms with van der Waals surface area (Å²) in [6.45, 7) is 7.31. The number of likely N-dealkylation sites (tertiary alicyclic amines) is 1. The van der Waals surface area contributed by atoms with Crippen LogP contribution in [0.25, 0.3) is 11.0 Å². The largest absolute Gasteiger partial charge is 0.469 e. The molecule has 1 fully saturated rings. The molecule has 0 unspecified atom stereocenters. The Morgan fingerprint density at radius 2 is 1.93 bits per heavy atom. The van der Waals surface area contributed by atoms with Crippen LogP contribution in [0.5, 0.6) is 0 Å². The third-order valence-corrected chi connectivity index (χ3v) is 5.14. The van der Waals surface area contributed by atoms with Gasteiger partial charge in [0, 0.05) is 26.1 Å². The highest BCUT2D eigenvalue weighted by molar-refractivity contribution is 5.77. The second kappa shape index (κ2) is 7.73. The Morgan fingerprint density at radius 1 is 1.25 bits per heavy atom. The predicted molar refractivity (Wildman–Crippen MR) is 103 cm³/mol. The van der Waals surface area contributed by atoms with Gasteiger partial charge in [-0.3, -0.25) is 19.0 Å². The fourth-order valence-corrected chi connectivity index (χ4v) is 3.50. The minimum Gasteiger partial charge on any atom is -0.469 e. The van der Waals surface area contributed by atoms with E-state index in [0.717, 1.165) is 0 Å². The van der Waals surface area contributed by atoms with Crippen LogP contribution in [0, 0.1) is 5.92 Å². The first-order chi connectivity index (χ1) is 13.2. The number of aryl methyl sites for hydroxylation is 1. The lowest BCUT2D eigenvalue weighted by molar-refractivity contribution is -0.148. The Bertz CT molecular complexity index is 932. The molecule has 0 bridgehead atoms. The summed E-state index contributed by atoms with van der Waals surface area (Å²) in [6, 6.07) is 0. The first kappa shape index (κ1) is 20.0. The van der Waals surface area contributed by atoms with Crippen molar-refractivity contribution >= 4 is 22.9 Å². The molecule has 28 heavy (non-hydrogen) atoms. The molecule has 1 saturated heterocycles. The zero-order chi connectivity index (χ0) is 20.5. The van der Waals surface area contributed by atoms with Crippen LogP contribution >= 0.6 is 0 Å². The topological polar surface area (TPSA) is 99.3 Å². The van der Waals surface area contributed by atoms with E-state index in [1.165, 1.54) is 24.2 Å². The second-order valence-corrected chi connectivity index (χ2v) is 8.14. The van der Waals surface area contributed by atoms with Crippen LogP contribution in [0.4, 0.5) is 0 Å². The van der Waals surface area contributed by atoms with E-state index < -0.39 is 0 Å². The number of hydrogen-bond donors (Lipinski definition) is 0. The van der Waals surface area contributed by atoms with Crippen molar-refractivity contribution < 1.29 is 14.3 Å². The summed E-state index contributed by atoms with van der Waals surface area (Å²) in [5.74, 6) is -0.378. The molecular formula is C19H27N5O4. The minimum atomic E-state index is -0.278. The quantitative estimate of drug-likeness (QED) is 0.728. The van der Waals surface area contributed by atoms with Crippen LogP contribution in [0.15, 0.2) is 17.3 Å². The molecule has 1 aliphatic rings.